The van der Waals surface area contributed by atoms with Crippen LogP contribution in [0.15, 0.2) is 36.7 Å². The standard InChI is InChI=1S/C17H17F4N3.C2H6/c1-4-14(18)15-11(2)22-10-23-16(15)24(3)9-12-5-7-13(8-6-12)17(19,20)21;1-2/h4-8,10H,9H2,1-3H3;1-2H3/b14-4+;. The van der Waals surface area contributed by atoms with Crippen molar-refractivity contribution < 1.29 is 17.6 Å². The highest BCUT2D eigenvalue weighted by atomic mass is 19.4. The van der Waals surface area contributed by atoms with Crippen molar-refractivity contribution in [1.29, 1.82) is 0 Å². The minimum Gasteiger partial charge on any atom is -0.355 e. The van der Waals surface area contributed by atoms with Crippen LogP contribution >= 0.6 is 0 Å². The van der Waals surface area contributed by atoms with Crippen LogP contribution in [0, 0.1) is 6.92 Å². The van der Waals surface area contributed by atoms with Crippen LogP contribution in [0.5, 0.6) is 0 Å². The predicted octanol–water partition coefficient (Wildman–Crippen LogP) is 5.80. The lowest BCUT2D eigenvalue weighted by molar-refractivity contribution is -0.137. The summed E-state index contributed by atoms with van der Waals surface area (Å²) in [7, 11) is 1.70. The van der Waals surface area contributed by atoms with Gasteiger partial charge in [0.1, 0.15) is 18.0 Å². The second-order valence-corrected chi connectivity index (χ2v) is 5.35. The number of anilines is 1. The number of aryl methyl sites for hydroxylation is 1. The van der Waals surface area contributed by atoms with Gasteiger partial charge in [-0.2, -0.15) is 13.2 Å². The first-order chi connectivity index (χ1) is 12.2. The number of rotatable bonds is 4. The Kier molecular flexibility index (Phi) is 7.74. The fraction of sp³-hybridized carbons (Fsp3) is 0.368. The van der Waals surface area contributed by atoms with Gasteiger partial charge in [-0.15, -0.1) is 0 Å². The van der Waals surface area contributed by atoms with Gasteiger partial charge in [0.2, 0.25) is 0 Å². The van der Waals surface area contributed by atoms with Crippen LogP contribution in [-0.4, -0.2) is 17.0 Å². The molecule has 1 aromatic heterocycles. The van der Waals surface area contributed by atoms with Crippen LogP contribution in [0.1, 0.15) is 43.2 Å². The van der Waals surface area contributed by atoms with Gasteiger partial charge in [0.15, 0.2) is 0 Å². The van der Waals surface area contributed by atoms with Crippen LogP contribution in [0.3, 0.4) is 0 Å². The summed E-state index contributed by atoms with van der Waals surface area (Å²) in [6.45, 7) is 7.54. The molecule has 0 unspecified atom stereocenters. The quantitative estimate of drug-likeness (QED) is 0.638. The molecule has 0 bridgehead atoms. The predicted molar refractivity (Wildman–Crippen MR) is 96.4 cm³/mol. The van der Waals surface area contributed by atoms with E-state index in [9.17, 15) is 17.6 Å². The average molecular weight is 369 g/mol. The maximum atomic E-state index is 14.1. The molecule has 0 saturated carbocycles. The second kappa shape index (κ2) is 9.31. The monoisotopic (exact) mass is 369 g/mol. The number of allylic oxidation sites excluding steroid dienone is 1. The molecule has 0 amide bonds. The molecule has 2 aromatic rings. The number of halogens is 4. The Bertz CT molecular complexity index is 737. The average Bonchev–Trinajstić information content (AvgIpc) is 2.62. The normalized spacial score (nSPS) is 11.7. The van der Waals surface area contributed by atoms with Gasteiger partial charge in [0.05, 0.1) is 16.8 Å². The molecule has 0 saturated heterocycles. The molecule has 1 aromatic carbocycles. The summed E-state index contributed by atoms with van der Waals surface area (Å²) < 4.78 is 51.9. The zero-order chi connectivity index (χ0) is 19.9. The Morgan fingerprint density at radius 3 is 2.19 bits per heavy atom. The highest BCUT2D eigenvalue weighted by Crippen LogP contribution is 2.30. The molecule has 2 rings (SSSR count). The van der Waals surface area contributed by atoms with Crippen molar-refractivity contribution in [2.75, 3.05) is 11.9 Å². The molecule has 1 heterocycles. The van der Waals surface area contributed by atoms with E-state index in [1.165, 1.54) is 24.5 Å². The van der Waals surface area contributed by atoms with Gasteiger partial charge in [-0.25, -0.2) is 14.4 Å². The molecule has 0 spiro atoms. The van der Waals surface area contributed by atoms with Gasteiger partial charge in [-0.05, 0) is 31.5 Å². The van der Waals surface area contributed by atoms with E-state index < -0.39 is 17.6 Å². The molecular weight excluding hydrogens is 346 g/mol. The van der Waals surface area contributed by atoms with E-state index in [1.54, 1.807) is 25.8 Å². The lowest BCUT2D eigenvalue weighted by Crippen LogP contribution is -2.20. The Labute approximate surface area is 151 Å². The lowest BCUT2D eigenvalue weighted by atomic mass is 10.1. The summed E-state index contributed by atoms with van der Waals surface area (Å²) in [4.78, 5) is 9.78. The highest BCUT2D eigenvalue weighted by molar-refractivity contribution is 5.71. The smallest absolute Gasteiger partial charge is 0.355 e. The summed E-state index contributed by atoms with van der Waals surface area (Å²) in [5, 5.41) is 0. The fourth-order valence-electron chi connectivity index (χ4n) is 2.32. The van der Waals surface area contributed by atoms with Gasteiger partial charge in [-0.1, -0.05) is 32.1 Å². The molecule has 0 radical (unpaired) electrons. The third kappa shape index (κ3) is 5.28. The zero-order valence-corrected chi connectivity index (χ0v) is 15.5. The summed E-state index contributed by atoms with van der Waals surface area (Å²) in [6.07, 6.45) is -1.71. The maximum absolute atomic E-state index is 14.1. The van der Waals surface area contributed by atoms with E-state index >= 15 is 0 Å². The number of alkyl halides is 3. The topological polar surface area (TPSA) is 29.0 Å². The van der Waals surface area contributed by atoms with Crippen LogP contribution < -0.4 is 4.90 Å². The van der Waals surface area contributed by atoms with Gasteiger partial charge >= 0.3 is 6.18 Å². The molecular formula is C19H23F4N3. The largest absolute Gasteiger partial charge is 0.416 e. The lowest BCUT2D eigenvalue weighted by Gasteiger charge is -2.21. The number of hydrogen-bond donors (Lipinski definition) is 0. The summed E-state index contributed by atoms with van der Waals surface area (Å²) in [5.41, 5.74) is 0.741. The molecule has 3 nitrogen and oxygen atoms in total. The summed E-state index contributed by atoms with van der Waals surface area (Å²) >= 11 is 0. The fourth-order valence-corrected chi connectivity index (χ4v) is 2.32. The van der Waals surface area contributed by atoms with Gasteiger partial charge in [0, 0.05) is 13.6 Å². The van der Waals surface area contributed by atoms with Crippen molar-refractivity contribution >= 4 is 11.6 Å². The molecule has 0 N–H and O–H groups in total. The molecule has 0 aliphatic rings. The third-order valence-electron chi connectivity index (χ3n) is 3.57. The molecule has 142 valence electrons. The maximum Gasteiger partial charge on any atom is 0.416 e. The van der Waals surface area contributed by atoms with Crippen LogP contribution in [0.25, 0.3) is 5.83 Å². The van der Waals surface area contributed by atoms with E-state index in [4.69, 9.17) is 0 Å². The molecule has 0 aliphatic carbocycles. The Morgan fingerprint density at radius 1 is 1.12 bits per heavy atom. The first-order valence-electron chi connectivity index (χ1n) is 8.25. The minimum atomic E-state index is -4.36. The van der Waals surface area contributed by atoms with Crippen LogP contribution in [0.4, 0.5) is 23.4 Å². The van der Waals surface area contributed by atoms with E-state index in [0.29, 0.717) is 23.6 Å². The Balaban J connectivity index is 0.00000163. The molecule has 0 aliphatic heterocycles. The summed E-state index contributed by atoms with van der Waals surface area (Å²) in [5.74, 6) is -0.0552. The van der Waals surface area contributed by atoms with Gasteiger partial charge < -0.3 is 4.90 Å². The van der Waals surface area contributed by atoms with Crippen molar-refractivity contribution in [3.63, 3.8) is 0 Å². The van der Waals surface area contributed by atoms with Gasteiger partial charge in [-0.3, -0.25) is 0 Å². The molecule has 0 fully saturated rings. The van der Waals surface area contributed by atoms with E-state index in [-0.39, 0.29) is 5.56 Å². The van der Waals surface area contributed by atoms with Crippen molar-refractivity contribution in [2.45, 2.75) is 40.4 Å². The second-order valence-electron chi connectivity index (χ2n) is 5.35. The zero-order valence-electron chi connectivity index (χ0n) is 15.5. The third-order valence-corrected chi connectivity index (χ3v) is 3.57. The molecule has 0 atom stereocenters. The van der Waals surface area contributed by atoms with Crippen LogP contribution in [-0.2, 0) is 12.7 Å². The first-order valence-corrected chi connectivity index (χ1v) is 8.25. The number of benzene rings is 1. The minimum absolute atomic E-state index is 0.286. The van der Waals surface area contributed by atoms with E-state index in [0.717, 1.165) is 12.1 Å². The van der Waals surface area contributed by atoms with E-state index in [1.807, 2.05) is 13.8 Å². The highest BCUT2D eigenvalue weighted by Gasteiger charge is 2.30. The van der Waals surface area contributed by atoms with E-state index in [2.05, 4.69) is 9.97 Å². The number of nitrogens with zero attached hydrogens (tertiary/aromatic N) is 3. The Morgan fingerprint density at radius 2 is 1.69 bits per heavy atom. The van der Waals surface area contributed by atoms with Crippen molar-refractivity contribution in [1.82, 2.24) is 9.97 Å². The molecule has 7 heteroatoms. The SMILES string of the molecule is C/C=C(/F)c1c(C)ncnc1N(C)Cc1ccc(C(F)(F)F)cc1.CC. The van der Waals surface area contributed by atoms with Crippen LogP contribution in [0.2, 0.25) is 0 Å². The van der Waals surface area contributed by atoms with Crippen molar-refractivity contribution in [3.05, 3.63) is 59.1 Å². The van der Waals surface area contributed by atoms with Crippen molar-refractivity contribution in [3.8, 4) is 0 Å². The first kappa shape index (κ1) is 21.6. The van der Waals surface area contributed by atoms with Crippen molar-refractivity contribution in [2.24, 2.45) is 0 Å². The molecule has 26 heavy (non-hydrogen) atoms. The van der Waals surface area contributed by atoms with Gasteiger partial charge in [0.25, 0.3) is 0 Å². The summed E-state index contributed by atoms with van der Waals surface area (Å²) in [6, 6.07) is 4.86. The Hall–Kier alpha value is -2.44. The number of hydrogen-bond acceptors (Lipinski definition) is 3. The number of aromatic nitrogens is 2.